The van der Waals surface area contributed by atoms with E-state index in [-0.39, 0.29) is 6.04 Å². The Morgan fingerprint density at radius 3 is 2.81 bits per heavy atom. The summed E-state index contributed by atoms with van der Waals surface area (Å²) < 4.78 is 9.10. The van der Waals surface area contributed by atoms with E-state index in [0.717, 1.165) is 11.6 Å². The summed E-state index contributed by atoms with van der Waals surface area (Å²) in [4.78, 5) is 4.16. The smallest absolute Gasteiger partial charge is 0.165 e. The van der Waals surface area contributed by atoms with Crippen LogP contribution in [0.3, 0.4) is 0 Å². The standard InChI is InChI=1S/C10H15N5O/c1-8(2)15-10(11-7-13-15)6-16-9-4-12-14(3)5-9/h4-5,7-8H,6H2,1-3H3. The third kappa shape index (κ3) is 2.21. The second-order valence-electron chi connectivity index (χ2n) is 3.85. The number of aromatic nitrogens is 5. The molecule has 0 amide bonds. The molecule has 0 fully saturated rings. The minimum Gasteiger partial charge on any atom is -0.482 e. The zero-order valence-electron chi connectivity index (χ0n) is 9.66. The van der Waals surface area contributed by atoms with Gasteiger partial charge in [0.25, 0.3) is 0 Å². The number of aryl methyl sites for hydroxylation is 1. The van der Waals surface area contributed by atoms with Gasteiger partial charge in [0.1, 0.15) is 12.9 Å². The number of rotatable bonds is 4. The minimum atomic E-state index is 0.287. The van der Waals surface area contributed by atoms with Crippen LogP contribution in [0, 0.1) is 0 Å². The lowest BCUT2D eigenvalue weighted by molar-refractivity contribution is 0.282. The monoisotopic (exact) mass is 221 g/mol. The quantitative estimate of drug-likeness (QED) is 0.777. The predicted octanol–water partition coefficient (Wildman–Crippen LogP) is 1.17. The van der Waals surface area contributed by atoms with Crippen LogP contribution in [0.25, 0.3) is 0 Å². The zero-order valence-corrected chi connectivity index (χ0v) is 9.66. The van der Waals surface area contributed by atoms with Gasteiger partial charge in [-0.15, -0.1) is 0 Å². The van der Waals surface area contributed by atoms with Crippen molar-refractivity contribution in [3.63, 3.8) is 0 Å². The minimum absolute atomic E-state index is 0.287. The van der Waals surface area contributed by atoms with E-state index in [2.05, 4.69) is 29.0 Å². The van der Waals surface area contributed by atoms with Gasteiger partial charge in [0.15, 0.2) is 11.6 Å². The van der Waals surface area contributed by atoms with Crippen LogP contribution in [0.4, 0.5) is 0 Å². The van der Waals surface area contributed by atoms with E-state index in [0.29, 0.717) is 6.61 Å². The van der Waals surface area contributed by atoms with Crippen LogP contribution < -0.4 is 4.74 Å². The van der Waals surface area contributed by atoms with Crippen molar-refractivity contribution < 1.29 is 4.74 Å². The first-order chi connectivity index (χ1) is 7.66. The Bertz CT molecular complexity index is 459. The van der Waals surface area contributed by atoms with E-state index < -0.39 is 0 Å². The maximum absolute atomic E-state index is 5.56. The van der Waals surface area contributed by atoms with Crippen molar-refractivity contribution in [2.45, 2.75) is 26.5 Å². The van der Waals surface area contributed by atoms with Gasteiger partial charge in [-0.3, -0.25) is 4.68 Å². The van der Waals surface area contributed by atoms with Gasteiger partial charge in [0.2, 0.25) is 0 Å². The van der Waals surface area contributed by atoms with Crippen molar-refractivity contribution in [2.75, 3.05) is 0 Å². The average molecular weight is 221 g/mol. The van der Waals surface area contributed by atoms with E-state index in [4.69, 9.17) is 4.74 Å². The first-order valence-corrected chi connectivity index (χ1v) is 5.16. The van der Waals surface area contributed by atoms with Crippen LogP contribution in [-0.4, -0.2) is 24.5 Å². The lowest BCUT2D eigenvalue weighted by Gasteiger charge is -2.09. The van der Waals surface area contributed by atoms with Gasteiger partial charge in [0, 0.05) is 13.1 Å². The Kier molecular flexibility index (Phi) is 2.89. The van der Waals surface area contributed by atoms with Gasteiger partial charge >= 0.3 is 0 Å². The summed E-state index contributed by atoms with van der Waals surface area (Å²) in [5.41, 5.74) is 0. The fourth-order valence-corrected chi connectivity index (χ4v) is 1.43. The Labute approximate surface area is 93.9 Å². The highest BCUT2D eigenvalue weighted by Crippen LogP contribution is 2.11. The van der Waals surface area contributed by atoms with Gasteiger partial charge in [-0.2, -0.15) is 10.2 Å². The summed E-state index contributed by atoms with van der Waals surface area (Å²) in [6.07, 6.45) is 5.04. The van der Waals surface area contributed by atoms with Crippen LogP contribution in [0.2, 0.25) is 0 Å². The highest BCUT2D eigenvalue weighted by Gasteiger charge is 2.08. The maximum Gasteiger partial charge on any atom is 0.165 e. The zero-order chi connectivity index (χ0) is 11.5. The molecule has 0 aliphatic heterocycles. The van der Waals surface area contributed by atoms with E-state index >= 15 is 0 Å². The van der Waals surface area contributed by atoms with E-state index in [1.807, 2.05) is 17.9 Å². The summed E-state index contributed by atoms with van der Waals surface area (Å²) in [6.45, 7) is 4.52. The van der Waals surface area contributed by atoms with E-state index in [1.54, 1.807) is 17.2 Å². The van der Waals surface area contributed by atoms with E-state index in [1.165, 1.54) is 0 Å². The van der Waals surface area contributed by atoms with Crippen molar-refractivity contribution in [2.24, 2.45) is 7.05 Å². The third-order valence-corrected chi connectivity index (χ3v) is 2.19. The molecule has 0 saturated carbocycles. The number of ether oxygens (including phenoxy) is 1. The lowest BCUT2D eigenvalue weighted by atomic mass is 10.4. The Morgan fingerprint density at radius 2 is 2.19 bits per heavy atom. The van der Waals surface area contributed by atoms with Crippen LogP contribution >= 0.6 is 0 Å². The second kappa shape index (κ2) is 4.34. The summed E-state index contributed by atoms with van der Waals surface area (Å²) in [6, 6.07) is 0.287. The fourth-order valence-electron chi connectivity index (χ4n) is 1.43. The second-order valence-corrected chi connectivity index (χ2v) is 3.85. The SMILES string of the molecule is CC(C)n1ncnc1COc1cnn(C)c1. The van der Waals surface area contributed by atoms with Crippen molar-refractivity contribution in [1.82, 2.24) is 24.5 Å². The van der Waals surface area contributed by atoms with Gasteiger partial charge in [0.05, 0.1) is 12.4 Å². The molecule has 86 valence electrons. The third-order valence-electron chi connectivity index (χ3n) is 2.19. The molecule has 0 spiro atoms. The first kappa shape index (κ1) is 10.7. The molecule has 0 aliphatic carbocycles. The molecule has 0 bridgehead atoms. The molecular formula is C10H15N5O. The lowest BCUT2D eigenvalue weighted by Crippen LogP contribution is -2.10. The summed E-state index contributed by atoms with van der Waals surface area (Å²) in [5, 5.41) is 8.16. The van der Waals surface area contributed by atoms with Crippen molar-refractivity contribution in [3.8, 4) is 5.75 Å². The maximum atomic E-state index is 5.56. The molecule has 2 heterocycles. The highest BCUT2D eigenvalue weighted by molar-refractivity contribution is 5.11. The number of nitrogens with zero attached hydrogens (tertiary/aromatic N) is 5. The molecule has 0 unspecified atom stereocenters. The predicted molar refractivity (Wildman–Crippen MR) is 57.9 cm³/mol. The van der Waals surface area contributed by atoms with Crippen molar-refractivity contribution in [1.29, 1.82) is 0 Å². The molecule has 0 N–H and O–H groups in total. The summed E-state index contributed by atoms with van der Waals surface area (Å²) in [7, 11) is 1.85. The number of hydrogen-bond acceptors (Lipinski definition) is 4. The van der Waals surface area contributed by atoms with Crippen molar-refractivity contribution >= 4 is 0 Å². The van der Waals surface area contributed by atoms with Crippen molar-refractivity contribution in [3.05, 3.63) is 24.5 Å². The topological polar surface area (TPSA) is 57.8 Å². The first-order valence-electron chi connectivity index (χ1n) is 5.16. The molecule has 2 rings (SSSR count). The molecule has 2 aromatic rings. The van der Waals surface area contributed by atoms with Crippen LogP contribution in [0.1, 0.15) is 25.7 Å². The average Bonchev–Trinajstić information content (AvgIpc) is 2.83. The number of hydrogen-bond donors (Lipinski definition) is 0. The highest BCUT2D eigenvalue weighted by atomic mass is 16.5. The summed E-state index contributed by atoms with van der Waals surface area (Å²) >= 11 is 0. The molecule has 2 aromatic heterocycles. The molecule has 0 saturated heterocycles. The van der Waals surface area contributed by atoms with Gasteiger partial charge < -0.3 is 4.74 Å². The molecule has 0 radical (unpaired) electrons. The fraction of sp³-hybridized carbons (Fsp3) is 0.500. The largest absolute Gasteiger partial charge is 0.482 e. The summed E-state index contributed by atoms with van der Waals surface area (Å²) in [5.74, 6) is 1.56. The van der Waals surface area contributed by atoms with Gasteiger partial charge in [-0.1, -0.05) is 0 Å². The normalized spacial score (nSPS) is 11.0. The van der Waals surface area contributed by atoms with Gasteiger partial charge in [-0.25, -0.2) is 9.67 Å². The van der Waals surface area contributed by atoms with Crippen LogP contribution in [0.5, 0.6) is 5.75 Å². The molecular weight excluding hydrogens is 206 g/mol. The molecule has 6 nitrogen and oxygen atoms in total. The molecule has 0 aliphatic rings. The Hall–Kier alpha value is -1.85. The molecule has 6 heteroatoms. The Morgan fingerprint density at radius 1 is 1.38 bits per heavy atom. The van der Waals surface area contributed by atoms with Crippen LogP contribution in [0.15, 0.2) is 18.7 Å². The molecule has 0 atom stereocenters. The van der Waals surface area contributed by atoms with Gasteiger partial charge in [-0.05, 0) is 13.8 Å². The molecule has 16 heavy (non-hydrogen) atoms. The van der Waals surface area contributed by atoms with Crippen LogP contribution in [-0.2, 0) is 13.7 Å². The Balaban J connectivity index is 2.02. The van der Waals surface area contributed by atoms with E-state index in [9.17, 15) is 0 Å². The molecule has 0 aromatic carbocycles.